The fourth-order valence-corrected chi connectivity index (χ4v) is 4.46. The highest BCUT2D eigenvalue weighted by Crippen LogP contribution is 2.32. The lowest BCUT2D eigenvalue weighted by Gasteiger charge is -2.29. The average Bonchev–Trinajstić information content (AvgIpc) is 2.94. The molecule has 6 heteroatoms. The molecule has 0 saturated carbocycles. The Morgan fingerprint density at radius 3 is 2.50 bits per heavy atom. The number of rotatable bonds is 5. The van der Waals surface area contributed by atoms with Crippen LogP contribution in [0, 0.1) is 0 Å². The quantitative estimate of drug-likeness (QED) is 0.811. The van der Waals surface area contributed by atoms with Crippen LogP contribution in [0.3, 0.4) is 0 Å². The number of benzene rings is 2. The van der Waals surface area contributed by atoms with E-state index in [0.717, 1.165) is 29.5 Å². The van der Waals surface area contributed by atoms with E-state index < -0.39 is 10.0 Å². The molecule has 0 saturated heterocycles. The first kappa shape index (κ1) is 18.5. The van der Waals surface area contributed by atoms with Crippen molar-refractivity contribution in [2.75, 3.05) is 22.0 Å². The molecule has 1 aliphatic heterocycles. The highest BCUT2D eigenvalue weighted by atomic mass is 32.2. The third-order valence-electron chi connectivity index (χ3n) is 4.80. The number of nitrogens with zero attached hydrogens (tertiary/aromatic N) is 2. The van der Waals surface area contributed by atoms with Gasteiger partial charge >= 0.3 is 0 Å². The first-order valence-electron chi connectivity index (χ1n) is 8.78. The van der Waals surface area contributed by atoms with Crippen molar-refractivity contribution < 1.29 is 13.2 Å². The third-order valence-corrected chi connectivity index (χ3v) is 5.92. The minimum absolute atomic E-state index is 0.0164. The summed E-state index contributed by atoms with van der Waals surface area (Å²) < 4.78 is 26.1. The van der Waals surface area contributed by atoms with Gasteiger partial charge in [0.15, 0.2) is 0 Å². The van der Waals surface area contributed by atoms with Crippen LogP contribution in [0.25, 0.3) is 0 Å². The van der Waals surface area contributed by atoms with Gasteiger partial charge in [0.25, 0.3) is 0 Å². The normalized spacial score (nSPS) is 16.4. The second-order valence-electron chi connectivity index (χ2n) is 6.70. The predicted octanol–water partition coefficient (Wildman–Crippen LogP) is 2.99. The van der Waals surface area contributed by atoms with E-state index in [4.69, 9.17) is 0 Å². The highest BCUT2D eigenvalue weighted by molar-refractivity contribution is 7.92. The average molecular weight is 372 g/mol. The zero-order valence-electron chi connectivity index (χ0n) is 15.3. The number of para-hydroxylation sites is 2. The SMILES string of the molecule is CCc1ccccc1N(CC(=O)N1c2ccccc2CC1C)S(C)(=O)=O. The molecule has 0 radical (unpaired) electrons. The second kappa shape index (κ2) is 7.11. The van der Waals surface area contributed by atoms with Crippen molar-refractivity contribution in [3.63, 3.8) is 0 Å². The van der Waals surface area contributed by atoms with Crippen molar-refractivity contribution in [1.29, 1.82) is 0 Å². The highest BCUT2D eigenvalue weighted by Gasteiger charge is 2.33. The van der Waals surface area contributed by atoms with Crippen molar-refractivity contribution in [3.05, 3.63) is 59.7 Å². The second-order valence-corrected chi connectivity index (χ2v) is 8.60. The van der Waals surface area contributed by atoms with Crippen LogP contribution in [-0.2, 0) is 27.7 Å². The summed E-state index contributed by atoms with van der Waals surface area (Å²) in [5.74, 6) is -0.209. The number of amides is 1. The smallest absolute Gasteiger partial charge is 0.248 e. The maximum Gasteiger partial charge on any atom is 0.248 e. The summed E-state index contributed by atoms with van der Waals surface area (Å²) in [4.78, 5) is 14.8. The molecule has 0 N–H and O–H groups in total. The molecular formula is C20H24N2O3S. The van der Waals surface area contributed by atoms with Crippen LogP contribution in [0.5, 0.6) is 0 Å². The number of anilines is 2. The van der Waals surface area contributed by atoms with Crippen LogP contribution in [0.2, 0.25) is 0 Å². The minimum Gasteiger partial charge on any atom is -0.307 e. The number of hydrogen-bond acceptors (Lipinski definition) is 3. The van der Waals surface area contributed by atoms with Crippen molar-refractivity contribution in [2.24, 2.45) is 0 Å². The zero-order chi connectivity index (χ0) is 18.9. The van der Waals surface area contributed by atoms with Gasteiger partial charge in [-0.2, -0.15) is 0 Å². The first-order chi connectivity index (χ1) is 12.3. The number of hydrogen-bond donors (Lipinski definition) is 0. The van der Waals surface area contributed by atoms with Crippen LogP contribution in [0.4, 0.5) is 11.4 Å². The Kier molecular flexibility index (Phi) is 5.05. The Labute approximate surface area is 155 Å². The van der Waals surface area contributed by atoms with Crippen LogP contribution < -0.4 is 9.21 Å². The maximum atomic E-state index is 13.1. The molecule has 0 spiro atoms. The standard InChI is InChI=1S/C20H24N2O3S/c1-4-16-9-5-7-11-18(16)21(26(3,24)25)14-20(23)22-15(2)13-17-10-6-8-12-19(17)22/h5-12,15H,4,13-14H2,1-3H3. The van der Waals surface area contributed by atoms with Crippen LogP contribution in [0.1, 0.15) is 25.0 Å². The monoisotopic (exact) mass is 372 g/mol. The molecule has 0 aliphatic carbocycles. The number of aryl methyl sites for hydroxylation is 1. The Morgan fingerprint density at radius 2 is 1.81 bits per heavy atom. The van der Waals surface area contributed by atoms with E-state index in [1.807, 2.05) is 50.2 Å². The zero-order valence-corrected chi connectivity index (χ0v) is 16.2. The Morgan fingerprint density at radius 1 is 1.15 bits per heavy atom. The van der Waals surface area contributed by atoms with Gasteiger partial charge in [-0.1, -0.05) is 43.3 Å². The van der Waals surface area contributed by atoms with Crippen molar-refractivity contribution >= 4 is 27.3 Å². The van der Waals surface area contributed by atoms with E-state index in [-0.39, 0.29) is 18.5 Å². The molecule has 1 heterocycles. The summed E-state index contributed by atoms with van der Waals surface area (Å²) in [5.41, 5.74) is 3.47. The van der Waals surface area contributed by atoms with Crippen molar-refractivity contribution in [3.8, 4) is 0 Å². The van der Waals surface area contributed by atoms with Gasteiger partial charge in [-0.3, -0.25) is 9.10 Å². The molecule has 1 unspecified atom stereocenters. The lowest BCUT2D eigenvalue weighted by molar-refractivity contribution is -0.117. The fraction of sp³-hybridized carbons (Fsp3) is 0.350. The molecule has 2 aromatic carbocycles. The molecule has 0 aromatic heterocycles. The van der Waals surface area contributed by atoms with E-state index in [1.165, 1.54) is 4.31 Å². The molecule has 2 aromatic rings. The summed E-state index contributed by atoms with van der Waals surface area (Å²) in [6, 6.07) is 15.1. The van der Waals surface area contributed by atoms with E-state index in [1.54, 1.807) is 17.0 Å². The molecule has 1 aliphatic rings. The Hall–Kier alpha value is -2.34. The van der Waals surface area contributed by atoms with Gasteiger partial charge in [0.05, 0.1) is 11.9 Å². The van der Waals surface area contributed by atoms with Crippen LogP contribution in [0.15, 0.2) is 48.5 Å². The largest absolute Gasteiger partial charge is 0.307 e. The van der Waals surface area contributed by atoms with E-state index in [9.17, 15) is 13.2 Å². The van der Waals surface area contributed by atoms with Gasteiger partial charge < -0.3 is 4.90 Å². The molecule has 0 fully saturated rings. The number of fused-ring (bicyclic) bond motifs is 1. The van der Waals surface area contributed by atoms with Crippen molar-refractivity contribution in [1.82, 2.24) is 0 Å². The van der Waals surface area contributed by atoms with Crippen molar-refractivity contribution in [2.45, 2.75) is 32.7 Å². The third kappa shape index (κ3) is 3.46. The lowest BCUT2D eigenvalue weighted by Crippen LogP contribution is -2.45. The van der Waals surface area contributed by atoms with E-state index >= 15 is 0 Å². The Balaban J connectivity index is 1.95. The molecular weight excluding hydrogens is 348 g/mol. The summed E-state index contributed by atoms with van der Waals surface area (Å²) in [6.07, 6.45) is 2.62. The summed E-state index contributed by atoms with van der Waals surface area (Å²) in [6.45, 7) is 3.76. The minimum atomic E-state index is -3.58. The van der Waals surface area contributed by atoms with Crippen LogP contribution in [-0.4, -0.2) is 33.2 Å². The van der Waals surface area contributed by atoms with Gasteiger partial charge in [-0.15, -0.1) is 0 Å². The summed E-state index contributed by atoms with van der Waals surface area (Å²) >= 11 is 0. The lowest BCUT2D eigenvalue weighted by atomic mass is 10.1. The van der Waals surface area contributed by atoms with E-state index in [0.29, 0.717) is 12.1 Å². The molecule has 0 bridgehead atoms. The molecule has 5 nitrogen and oxygen atoms in total. The molecule has 1 amide bonds. The molecule has 1 atom stereocenters. The van der Waals surface area contributed by atoms with Gasteiger partial charge in [-0.25, -0.2) is 8.42 Å². The topological polar surface area (TPSA) is 57.7 Å². The first-order valence-corrected chi connectivity index (χ1v) is 10.6. The molecule has 138 valence electrons. The van der Waals surface area contributed by atoms with Gasteiger partial charge in [0.2, 0.25) is 15.9 Å². The number of carbonyl (C=O) groups is 1. The van der Waals surface area contributed by atoms with Crippen LogP contribution >= 0.6 is 0 Å². The van der Waals surface area contributed by atoms with Gasteiger partial charge in [-0.05, 0) is 43.0 Å². The maximum absolute atomic E-state index is 13.1. The van der Waals surface area contributed by atoms with Gasteiger partial charge in [0.1, 0.15) is 6.54 Å². The molecule has 3 rings (SSSR count). The van der Waals surface area contributed by atoms with Gasteiger partial charge in [0, 0.05) is 11.7 Å². The number of carbonyl (C=O) groups excluding carboxylic acids is 1. The predicted molar refractivity (Wildman–Crippen MR) is 105 cm³/mol. The Bertz CT molecular complexity index is 924. The summed E-state index contributed by atoms with van der Waals surface area (Å²) in [7, 11) is -3.58. The fourth-order valence-electron chi connectivity index (χ4n) is 3.58. The molecule has 26 heavy (non-hydrogen) atoms. The van der Waals surface area contributed by atoms with E-state index in [2.05, 4.69) is 0 Å². The number of sulfonamides is 1. The summed E-state index contributed by atoms with van der Waals surface area (Å²) in [5, 5.41) is 0.